The van der Waals surface area contributed by atoms with E-state index >= 15 is 0 Å². The third kappa shape index (κ3) is 4.12. The zero-order valence-electron chi connectivity index (χ0n) is 10.7. The van der Waals surface area contributed by atoms with Gasteiger partial charge in [-0.2, -0.15) is 0 Å². The van der Waals surface area contributed by atoms with Crippen molar-refractivity contribution in [2.45, 2.75) is 60.9 Å². The first-order valence-electron chi connectivity index (χ1n) is 5.40. The van der Waals surface area contributed by atoms with Crippen LogP contribution >= 0.6 is 0 Å². The molecule has 0 radical (unpaired) electrons. The molecule has 2 nitrogen and oxygen atoms in total. The summed E-state index contributed by atoms with van der Waals surface area (Å²) >= 11 is 0. The Morgan fingerprint density at radius 1 is 1.14 bits per heavy atom. The number of carbonyl (C=O) groups excluding carboxylic acids is 1. The molecule has 0 aliphatic rings. The number of hydrogen-bond donors (Lipinski definition) is 1. The molecule has 0 fully saturated rings. The monoisotopic (exact) mass is 199 g/mol. The summed E-state index contributed by atoms with van der Waals surface area (Å²) in [7, 11) is 0. The molecule has 0 heterocycles. The molecule has 84 valence electrons. The van der Waals surface area contributed by atoms with Gasteiger partial charge in [0.1, 0.15) is 0 Å². The van der Waals surface area contributed by atoms with Crippen LogP contribution in [0.15, 0.2) is 0 Å². The second-order valence-corrected chi connectivity index (χ2v) is 6.05. The topological polar surface area (TPSA) is 29.1 Å². The Kier molecular flexibility index (Phi) is 4.16. The summed E-state index contributed by atoms with van der Waals surface area (Å²) in [6, 6.07) is 0.259. The molecule has 0 aliphatic carbocycles. The SMILES string of the molecule is CC[C@@H](NC(=O)C(C)(C)C)C(C)(C)C. The van der Waals surface area contributed by atoms with Crippen molar-refractivity contribution in [2.24, 2.45) is 10.8 Å². The van der Waals surface area contributed by atoms with Crippen LogP contribution in [0.1, 0.15) is 54.9 Å². The van der Waals surface area contributed by atoms with E-state index in [0.717, 1.165) is 6.42 Å². The number of carbonyl (C=O) groups is 1. The minimum atomic E-state index is -0.293. The zero-order valence-corrected chi connectivity index (χ0v) is 10.7. The van der Waals surface area contributed by atoms with Crippen molar-refractivity contribution in [2.75, 3.05) is 0 Å². The first-order chi connectivity index (χ1) is 6.09. The normalized spacial score (nSPS) is 15.1. The maximum atomic E-state index is 11.8. The highest BCUT2D eigenvalue weighted by atomic mass is 16.2. The van der Waals surface area contributed by atoms with Gasteiger partial charge < -0.3 is 5.32 Å². The molecular weight excluding hydrogens is 174 g/mol. The average Bonchev–Trinajstić information content (AvgIpc) is 1.95. The van der Waals surface area contributed by atoms with E-state index in [2.05, 4.69) is 33.0 Å². The lowest BCUT2D eigenvalue weighted by Crippen LogP contribution is -2.47. The van der Waals surface area contributed by atoms with Crippen LogP contribution in [0.2, 0.25) is 0 Å². The largest absolute Gasteiger partial charge is 0.352 e. The van der Waals surface area contributed by atoms with E-state index in [9.17, 15) is 4.79 Å². The fourth-order valence-corrected chi connectivity index (χ4v) is 1.31. The second-order valence-electron chi connectivity index (χ2n) is 6.05. The Bertz CT molecular complexity index is 195. The summed E-state index contributed by atoms with van der Waals surface area (Å²) in [6.07, 6.45) is 0.978. The molecule has 1 amide bonds. The third-order valence-electron chi connectivity index (χ3n) is 2.44. The lowest BCUT2D eigenvalue weighted by atomic mass is 9.84. The predicted molar refractivity (Wildman–Crippen MR) is 61.1 cm³/mol. The summed E-state index contributed by atoms with van der Waals surface area (Å²) in [4.78, 5) is 11.8. The zero-order chi connectivity index (χ0) is 11.6. The molecule has 0 saturated heterocycles. The standard InChI is InChI=1S/C12H25NO/c1-8-9(11(2,3)4)13-10(14)12(5,6)7/h9H,8H2,1-7H3,(H,13,14)/t9-/m1/s1. The van der Waals surface area contributed by atoms with Crippen LogP contribution in [0.3, 0.4) is 0 Å². The van der Waals surface area contributed by atoms with E-state index in [0.29, 0.717) is 0 Å². The highest BCUT2D eigenvalue weighted by Gasteiger charge is 2.29. The maximum Gasteiger partial charge on any atom is 0.225 e. The van der Waals surface area contributed by atoms with Gasteiger partial charge in [-0.1, -0.05) is 48.5 Å². The highest BCUT2D eigenvalue weighted by molar-refractivity contribution is 5.81. The molecule has 0 aromatic rings. The van der Waals surface area contributed by atoms with Crippen molar-refractivity contribution in [1.82, 2.24) is 5.32 Å². The molecule has 0 bridgehead atoms. The van der Waals surface area contributed by atoms with Gasteiger partial charge in [-0.25, -0.2) is 0 Å². The van der Waals surface area contributed by atoms with Crippen molar-refractivity contribution in [3.8, 4) is 0 Å². The quantitative estimate of drug-likeness (QED) is 0.728. The maximum absolute atomic E-state index is 11.8. The van der Waals surface area contributed by atoms with E-state index < -0.39 is 0 Å². The van der Waals surface area contributed by atoms with Crippen LogP contribution in [0, 0.1) is 10.8 Å². The van der Waals surface area contributed by atoms with Crippen LogP contribution in [0.4, 0.5) is 0 Å². The predicted octanol–water partition coefficient (Wildman–Crippen LogP) is 2.97. The van der Waals surface area contributed by atoms with Crippen molar-refractivity contribution < 1.29 is 4.79 Å². The van der Waals surface area contributed by atoms with E-state index in [-0.39, 0.29) is 22.8 Å². The van der Waals surface area contributed by atoms with Gasteiger partial charge in [-0.3, -0.25) is 4.79 Å². The molecule has 0 aromatic heterocycles. The molecular formula is C12H25NO. The first kappa shape index (κ1) is 13.5. The highest BCUT2D eigenvalue weighted by Crippen LogP contribution is 2.23. The Morgan fingerprint density at radius 2 is 1.57 bits per heavy atom. The van der Waals surface area contributed by atoms with Gasteiger partial charge in [-0.05, 0) is 11.8 Å². The van der Waals surface area contributed by atoms with Crippen molar-refractivity contribution in [1.29, 1.82) is 0 Å². The fourth-order valence-electron chi connectivity index (χ4n) is 1.31. The minimum Gasteiger partial charge on any atom is -0.352 e. The Balaban J connectivity index is 4.43. The van der Waals surface area contributed by atoms with Gasteiger partial charge in [0.2, 0.25) is 5.91 Å². The first-order valence-corrected chi connectivity index (χ1v) is 5.40. The lowest BCUT2D eigenvalue weighted by Gasteiger charge is -2.33. The Morgan fingerprint density at radius 3 is 1.79 bits per heavy atom. The summed E-state index contributed by atoms with van der Waals surface area (Å²) in [5.41, 5.74) is -0.158. The molecule has 0 unspecified atom stereocenters. The molecule has 0 aromatic carbocycles. The van der Waals surface area contributed by atoms with E-state index in [1.165, 1.54) is 0 Å². The number of nitrogens with one attached hydrogen (secondary N) is 1. The van der Waals surface area contributed by atoms with Crippen molar-refractivity contribution in [3.63, 3.8) is 0 Å². The second kappa shape index (κ2) is 4.33. The number of hydrogen-bond acceptors (Lipinski definition) is 1. The molecule has 2 heteroatoms. The molecule has 14 heavy (non-hydrogen) atoms. The van der Waals surface area contributed by atoms with Crippen LogP contribution in [-0.2, 0) is 4.79 Å². The van der Waals surface area contributed by atoms with Crippen LogP contribution in [0.25, 0.3) is 0 Å². The van der Waals surface area contributed by atoms with Gasteiger partial charge in [0, 0.05) is 11.5 Å². The number of rotatable bonds is 2. The Labute approximate surface area is 88.5 Å². The molecule has 0 aliphatic heterocycles. The van der Waals surface area contributed by atoms with Crippen molar-refractivity contribution >= 4 is 5.91 Å². The molecule has 1 atom stereocenters. The average molecular weight is 199 g/mol. The van der Waals surface area contributed by atoms with E-state index in [4.69, 9.17) is 0 Å². The third-order valence-corrected chi connectivity index (χ3v) is 2.44. The van der Waals surface area contributed by atoms with E-state index in [1.807, 2.05) is 20.8 Å². The van der Waals surface area contributed by atoms with Crippen LogP contribution in [0.5, 0.6) is 0 Å². The Hall–Kier alpha value is -0.530. The summed E-state index contributed by atoms with van der Waals surface area (Å²) in [5, 5.41) is 3.11. The summed E-state index contributed by atoms with van der Waals surface area (Å²) in [6.45, 7) is 14.4. The fraction of sp³-hybridized carbons (Fsp3) is 0.917. The lowest BCUT2D eigenvalue weighted by molar-refractivity contribution is -0.130. The van der Waals surface area contributed by atoms with Crippen LogP contribution < -0.4 is 5.32 Å². The van der Waals surface area contributed by atoms with E-state index in [1.54, 1.807) is 0 Å². The molecule has 0 rings (SSSR count). The van der Waals surface area contributed by atoms with Gasteiger partial charge >= 0.3 is 0 Å². The number of amides is 1. The van der Waals surface area contributed by atoms with Gasteiger partial charge in [0.05, 0.1) is 0 Å². The molecule has 1 N–H and O–H groups in total. The van der Waals surface area contributed by atoms with Crippen molar-refractivity contribution in [3.05, 3.63) is 0 Å². The minimum absolute atomic E-state index is 0.135. The van der Waals surface area contributed by atoms with Gasteiger partial charge in [-0.15, -0.1) is 0 Å². The molecule has 0 spiro atoms. The molecule has 0 saturated carbocycles. The van der Waals surface area contributed by atoms with Crippen LogP contribution in [-0.4, -0.2) is 11.9 Å². The van der Waals surface area contributed by atoms with Gasteiger partial charge in [0.15, 0.2) is 0 Å². The summed E-state index contributed by atoms with van der Waals surface area (Å²) in [5.74, 6) is 0.138. The van der Waals surface area contributed by atoms with Gasteiger partial charge in [0.25, 0.3) is 0 Å². The smallest absolute Gasteiger partial charge is 0.225 e. The summed E-state index contributed by atoms with van der Waals surface area (Å²) < 4.78 is 0.